The van der Waals surface area contributed by atoms with E-state index >= 15 is 0 Å². The molecule has 4 rings (SSSR count). The van der Waals surface area contributed by atoms with E-state index < -0.39 is 9.84 Å². The molecule has 0 radical (unpaired) electrons. The highest BCUT2D eigenvalue weighted by Crippen LogP contribution is 2.24. The third kappa shape index (κ3) is 4.24. The number of sulfone groups is 1. The highest BCUT2D eigenvalue weighted by molar-refractivity contribution is 7.90. The van der Waals surface area contributed by atoms with Crippen molar-refractivity contribution in [1.29, 1.82) is 5.26 Å². The van der Waals surface area contributed by atoms with Gasteiger partial charge >= 0.3 is 0 Å². The van der Waals surface area contributed by atoms with Crippen molar-refractivity contribution in [3.05, 3.63) is 66.1 Å². The maximum absolute atomic E-state index is 11.9. The average Bonchev–Trinajstić information content (AvgIpc) is 3.11. The number of nitrogens with two attached hydrogens (primary N) is 1. The molecule has 0 amide bonds. The Balaban J connectivity index is 1.50. The molecule has 3 N–H and O–H groups in total. The van der Waals surface area contributed by atoms with Crippen molar-refractivity contribution in [2.24, 2.45) is 0 Å². The topological polar surface area (TPSA) is 140 Å². The van der Waals surface area contributed by atoms with Gasteiger partial charge in [0, 0.05) is 18.2 Å². The monoisotopic (exact) mass is 447 g/mol. The zero-order chi connectivity index (χ0) is 22.7. The van der Waals surface area contributed by atoms with Gasteiger partial charge in [0.1, 0.15) is 29.6 Å². The van der Waals surface area contributed by atoms with E-state index in [4.69, 9.17) is 5.73 Å². The van der Waals surface area contributed by atoms with E-state index in [9.17, 15) is 13.7 Å². The number of nitrogens with one attached hydrogen (secondary N) is 1. The number of hydrogen-bond donors (Lipinski definition) is 2. The lowest BCUT2D eigenvalue weighted by Crippen LogP contribution is -2.07. The molecular weight excluding hydrogens is 426 g/mol. The van der Waals surface area contributed by atoms with E-state index in [2.05, 4.69) is 26.5 Å². The molecule has 0 aliphatic carbocycles. The van der Waals surface area contributed by atoms with Crippen LogP contribution in [0.2, 0.25) is 0 Å². The van der Waals surface area contributed by atoms with Crippen molar-refractivity contribution < 1.29 is 8.42 Å². The Hall–Kier alpha value is -3.97. The summed E-state index contributed by atoms with van der Waals surface area (Å²) in [5.41, 5.74) is 8.59. The van der Waals surface area contributed by atoms with Gasteiger partial charge in [-0.25, -0.2) is 23.1 Å². The van der Waals surface area contributed by atoms with Crippen LogP contribution in [0.4, 0.5) is 11.6 Å². The van der Waals surface area contributed by atoms with Crippen molar-refractivity contribution in [3.8, 4) is 11.8 Å². The van der Waals surface area contributed by atoms with Crippen molar-refractivity contribution in [2.45, 2.75) is 17.7 Å². The van der Waals surface area contributed by atoms with E-state index in [1.807, 2.05) is 30.3 Å². The summed E-state index contributed by atoms with van der Waals surface area (Å²) in [6, 6.07) is 16.3. The smallest absolute Gasteiger partial charge is 0.175 e. The lowest BCUT2D eigenvalue weighted by molar-refractivity contribution is 0.602. The van der Waals surface area contributed by atoms with Gasteiger partial charge in [0.05, 0.1) is 21.8 Å². The van der Waals surface area contributed by atoms with Crippen LogP contribution in [-0.2, 0) is 16.3 Å². The molecule has 2 aromatic carbocycles. The van der Waals surface area contributed by atoms with Gasteiger partial charge in [0.15, 0.2) is 9.84 Å². The SMILES string of the molecule is CS(=O)(=O)c1ccc2ncnc(NCCCc3nn(-c4ccccc4)c(N)c3C#N)c2c1. The lowest BCUT2D eigenvalue weighted by atomic mass is 10.1. The molecule has 162 valence electrons. The van der Waals surface area contributed by atoms with Crippen LogP contribution in [0.25, 0.3) is 16.6 Å². The van der Waals surface area contributed by atoms with Crippen LogP contribution in [-0.4, -0.2) is 41.0 Å². The molecule has 2 heterocycles. The van der Waals surface area contributed by atoms with Crippen LogP contribution in [0, 0.1) is 11.3 Å². The summed E-state index contributed by atoms with van der Waals surface area (Å²) in [6.45, 7) is 0.540. The normalized spacial score (nSPS) is 11.4. The Bertz CT molecular complexity index is 1420. The molecule has 0 aliphatic heterocycles. The van der Waals surface area contributed by atoms with Crippen LogP contribution in [0.1, 0.15) is 17.7 Å². The molecule has 0 saturated carbocycles. The summed E-state index contributed by atoms with van der Waals surface area (Å²) in [5, 5.41) is 17.9. The minimum atomic E-state index is -3.34. The fourth-order valence-corrected chi connectivity index (χ4v) is 4.06. The van der Waals surface area contributed by atoms with Crippen LogP contribution >= 0.6 is 0 Å². The quantitative estimate of drug-likeness (QED) is 0.412. The van der Waals surface area contributed by atoms with E-state index in [-0.39, 0.29) is 4.90 Å². The van der Waals surface area contributed by atoms with E-state index in [1.165, 1.54) is 12.4 Å². The van der Waals surface area contributed by atoms with Crippen molar-refractivity contribution in [1.82, 2.24) is 19.7 Å². The Morgan fingerprint density at radius 2 is 1.94 bits per heavy atom. The standard InChI is InChI=1S/C22H21N7O2S/c1-32(30,31)16-9-10-19-17(12-16)22(27-14-26-19)25-11-5-8-20-18(13-23)21(24)29(28-20)15-6-3-2-4-7-15/h2-4,6-7,9-10,12,14H,5,8,11,24H2,1H3,(H,25,26,27). The number of para-hydroxylation sites is 1. The van der Waals surface area contributed by atoms with Crippen LogP contribution in [0.5, 0.6) is 0 Å². The summed E-state index contributed by atoms with van der Waals surface area (Å²) in [4.78, 5) is 8.66. The number of benzene rings is 2. The summed E-state index contributed by atoms with van der Waals surface area (Å²) >= 11 is 0. The highest BCUT2D eigenvalue weighted by atomic mass is 32.2. The summed E-state index contributed by atoms with van der Waals surface area (Å²) in [7, 11) is -3.34. The molecule has 2 aromatic heterocycles. The number of anilines is 2. The maximum Gasteiger partial charge on any atom is 0.175 e. The average molecular weight is 448 g/mol. The molecule has 0 atom stereocenters. The zero-order valence-electron chi connectivity index (χ0n) is 17.4. The van der Waals surface area contributed by atoms with Crippen molar-refractivity contribution >= 4 is 32.4 Å². The van der Waals surface area contributed by atoms with Crippen molar-refractivity contribution in [3.63, 3.8) is 0 Å². The first-order valence-electron chi connectivity index (χ1n) is 9.90. The molecular formula is C22H21N7O2S. The summed E-state index contributed by atoms with van der Waals surface area (Å²) in [5.74, 6) is 0.868. The fourth-order valence-electron chi connectivity index (χ4n) is 3.41. The predicted molar refractivity (Wildman–Crippen MR) is 122 cm³/mol. The Labute approximate surface area is 185 Å². The van der Waals surface area contributed by atoms with Gasteiger partial charge in [-0.2, -0.15) is 10.4 Å². The van der Waals surface area contributed by atoms with Gasteiger partial charge < -0.3 is 11.1 Å². The second-order valence-corrected chi connectivity index (χ2v) is 9.29. The molecule has 0 bridgehead atoms. The van der Waals surface area contributed by atoms with Crippen LogP contribution in [0.3, 0.4) is 0 Å². The van der Waals surface area contributed by atoms with Crippen LogP contribution in [0.15, 0.2) is 59.8 Å². The van der Waals surface area contributed by atoms with Gasteiger partial charge in [-0.15, -0.1) is 0 Å². The number of nitriles is 1. The molecule has 4 aromatic rings. The van der Waals surface area contributed by atoms with Gasteiger partial charge in [-0.1, -0.05) is 18.2 Å². The van der Waals surface area contributed by atoms with Crippen molar-refractivity contribution in [2.75, 3.05) is 23.9 Å². The fraction of sp³-hybridized carbons (Fsp3) is 0.182. The number of nitrogen functional groups attached to an aromatic ring is 1. The molecule has 0 unspecified atom stereocenters. The molecule has 0 saturated heterocycles. The molecule has 0 fully saturated rings. The minimum Gasteiger partial charge on any atom is -0.382 e. The lowest BCUT2D eigenvalue weighted by Gasteiger charge is -2.09. The number of rotatable bonds is 7. The first-order valence-corrected chi connectivity index (χ1v) is 11.8. The van der Waals surface area contributed by atoms with Crippen LogP contribution < -0.4 is 11.1 Å². The van der Waals surface area contributed by atoms with Gasteiger partial charge in [0.2, 0.25) is 0 Å². The van der Waals surface area contributed by atoms with E-state index in [0.29, 0.717) is 53.2 Å². The predicted octanol–water partition coefficient (Wildman–Crippen LogP) is 2.72. The van der Waals surface area contributed by atoms with Gasteiger partial charge in [-0.05, 0) is 43.2 Å². The van der Waals surface area contributed by atoms with E-state index in [1.54, 1.807) is 16.8 Å². The summed E-state index contributed by atoms with van der Waals surface area (Å²) < 4.78 is 25.4. The number of aryl methyl sites for hydroxylation is 1. The zero-order valence-corrected chi connectivity index (χ0v) is 18.2. The summed E-state index contributed by atoms with van der Waals surface area (Å²) in [6.07, 6.45) is 3.80. The number of aromatic nitrogens is 4. The van der Waals surface area contributed by atoms with Gasteiger partial charge in [0.25, 0.3) is 0 Å². The number of fused-ring (bicyclic) bond motifs is 1. The molecule has 0 aliphatic rings. The second-order valence-electron chi connectivity index (χ2n) is 7.27. The molecule has 0 spiro atoms. The largest absolute Gasteiger partial charge is 0.382 e. The van der Waals surface area contributed by atoms with E-state index in [0.717, 1.165) is 11.9 Å². The number of hydrogen-bond acceptors (Lipinski definition) is 8. The first-order chi connectivity index (χ1) is 15.4. The Kier molecular flexibility index (Phi) is 5.75. The number of nitrogens with zero attached hydrogens (tertiary/aromatic N) is 5. The Morgan fingerprint density at radius 3 is 2.66 bits per heavy atom. The maximum atomic E-state index is 11.9. The molecule has 32 heavy (non-hydrogen) atoms. The molecule has 9 nitrogen and oxygen atoms in total. The van der Waals surface area contributed by atoms with Gasteiger partial charge in [-0.3, -0.25) is 0 Å². The second kappa shape index (κ2) is 8.64. The third-order valence-electron chi connectivity index (χ3n) is 5.02. The first kappa shape index (κ1) is 21.3. The highest BCUT2D eigenvalue weighted by Gasteiger charge is 2.16. The molecule has 10 heteroatoms. The third-order valence-corrected chi connectivity index (χ3v) is 6.13. The Morgan fingerprint density at radius 1 is 1.16 bits per heavy atom. The minimum absolute atomic E-state index is 0.212.